The van der Waals surface area contributed by atoms with Gasteiger partial charge in [-0.2, -0.15) is 0 Å². The van der Waals surface area contributed by atoms with Crippen LogP contribution in [0.5, 0.6) is 0 Å². The van der Waals surface area contributed by atoms with E-state index >= 15 is 0 Å². The molecule has 0 spiro atoms. The quantitative estimate of drug-likeness (QED) is 0.179. The summed E-state index contributed by atoms with van der Waals surface area (Å²) in [6.45, 7) is 11.3. The minimum Gasteiger partial charge on any atom is -0.444 e. The van der Waals surface area contributed by atoms with Crippen LogP contribution in [0.2, 0.25) is 0 Å². The minimum absolute atomic E-state index is 0.303. The molecule has 0 radical (unpaired) electrons. The number of alkyl carbamates (subject to hydrolysis) is 2. The fourth-order valence-electron chi connectivity index (χ4n) is 4.06. The van der Waals surface area contributed by atoms with Crippen LogP contribution in [0.1, 0.15) is 65.5 Å². The van der Waals surface area contributed by atoms with Gasteiger partial charge in [-0.15, -0.1) is 0 Å². The number of nitrogens with one attached hydrogen (secondary N) is 4. The van der Waals surface area contributed by atoms with Crippen molar-refractivity contribution < 1.29 is 28.7 Å². The third-order valence-electron chi connectivity index (χ3n) is 5.97. The number of hydrogen-bond acceptors (Lipinski definition) is 6. The summed E-state index contributed by atoms with van der Waals surface area (Å²) in [6.07, 6.45) is 4.33. The SMILES string of the molecule is CC(C)(C)OC(=O)N[C@@H](Cc1ccccc1)C(=O)NCCC=CCCNC(=O)[C@H](Cc1ccccc1)NC(=O)OC(C)(C)C. The lowest BCUT2D eigenvalue weighted by molar-refractivity contribution is -0.123. The molecule has 2 atom stereocenters. The molecule has 0 saturated heterocycles. The molecule has 0 saturated carbocycles. The van der Waals surface area contributed by atoms with Crippen LogP contribution in [0.4, 0.5) is 9.59 Å². The molecule has 0 aliphatic rings. The maximum atomic E-state index is 12.9. The second-order valence-electron chi connectivity index (χ2n) is 12.4. The van der Waals surface area contributed by atoms with Crippen molar-refractivity contribution in [1.29, 1.82) is 0 Å². The van der Waals surface area contributed by atoms with Gasteiger partial charge in [0.1, 0.15) is 23.3 Å². The molecule has 240 valence electrons. The van der Waals surface area contributed by atoms with Gasteiger partial charge in [-0.25, -0.2) is 9.59 Å². The molecule has 0 aromatic heterocycles. The highest BCUT2D eigenvalue weighted by atomic mass is 16.6. The Kier molecular flexibility index (Phi) is 14.4. The predicted octanol–water partition coefficient (Wildman–Crippen LogP) is 4.83. The maximum Gasteiger partial charge on any atom is 0.408 e. The van der Waals surface area contributed by atoms with Gasteiger partial charge in [-0.05, 0) is 65.5 Å². The first-order valence-corrected chi connectivity index (χ1v) is 15.0. The van der Waals surface area contributed by atoms with E-state index in [1.165, 1.54) is 0 Å². The molecule has 0 bridgehead atoms. The third kappa shape index (κ3) is 15.8. The lowest BCUT2D eigenvalue weighted by atomic mass is 10.1. The van der Waals surface area contributed by atoms with Crippen molar-refractivity contribution >= 4 is 24.0 Å². The Bertz CT molecular complexity index is 1120. The number of amides is 4. The zero-order valence-corrected chi connectivity index (χ0v) is 26.8. The van der Waals surface area contributed by atoms with Gasteiger partial charge in [0.15, 0.2) is 0 Å². The van der Waals surface area contributed by atoms with Crippen LogP contribution in [0.15, 0.2) is 72.8 Å². The number of carbonyl (C=O) groups excluding carboxylic acids is 4. The number of hydrogen-bond donors (Lipinski definition) is 4. The molecule has 10 nitrogen and oxygen atoms in total. The molecule has 2 rings (SSSR count). The average Bonchev–Trinajstić information content (AvgIpc) is 2.92. The van der Waals surface area contributed by atoms with Gasteiger partial charge in [-0.1, -0.05) is 72.8 Å². The van der Waals surface area contributed by atoms with E-state index < -0.39 is 35.5 Å². The topological polar surface area (TPSA) is 135 Å². The van der Waals surface area contributed by atoms with E-state index in [1.807, 2.05) is 72.8 Å². The molecular weight excluding hydrogens is 560 g/mol. The van der Waals surface area contributed by atoms with Crippen molar-refractivity contribution in [3.63, 3.8) is 0 Å². The summed E-state index contributed by atoms with van der Waals surface area (Å²) in [6, 6.07) is 17.3. The third-order valence-corrected chi connectivity index (χ3v) is 5.97. The molecule has 0 heterocycles. The van der Waals surface area contributed by atoms with Gasteiger partial charge in [0, 0.05) is 25.9 Å². The number of carbonyl (C=O) groups is 4. The van der Waals surface area contributed by atoms with Crippen LogP contribution in [-0.2, 0) is 31.9 Å². The van der Waals surface area contributed by atoms with Gasteiger partial charge in [0.25, 0.3) is 0 Å². The molecule has 0 fully saturated rings. The smallest absolute Gasteiger partial charge is 0.408 e. The van der Waals surface area contributed by atoms with Gasteiger partial charge in [0.2, 0.25) is 11.8 Å². The van der Waals surface area contributed by atoms with Crippen LogP contribution in [0.3, 0.4) is 0 Å². The molecule has 4 N–H and O–H groups in total. The van der Waals surface area contributed by atoms with Gasteiger partial charge >= 0.3 is 12.2 Å². The molecule has 0 aliphatic heterocycles. The second-order valence-corrected chi connectivity index (χ2v) is 12.4. The molecule has 4 amide bonds. The van der Waals surface area contributed by atoms with Crippen LogP contribution < -0.4 is 21.3 Å². The predicted molar refractivity (Wildman–Crippen MR) is 171 cm³/mol. The summed E-state index contributed by atoms with van der Waals surface area (Å²) in [4.78, 5) is 50.5. The summed E-state index contributed by atoms with van der Waals surface area (Å²) in [5.74, 6) is -0.607. The zero-order valence-electron chi connectivity index (χ0n) is 26.8. The molecule has 2 aromatic carbocycles. The van der Waals surface area contributed by atoms with E-state index in [1.54, 1.807) is 41.5 Å². The molecule has 0 unspecified atom stereocenters. The van der Waals surface area contributed by atoms with Crippen LogP contribution in [-0.4, -0.2) is 60.4 Å². The number of benzene rings is 2. The van der Waals surface area contributed by atoms with Crippen molar-refractivity contribution in [2.45, 2.75) is 90.5 Å². The Balaban J connectivity index is 1.81. The van der Waals surface area contributed by atoms with Gasteiger partial charge in [0.05, 0.1) is 0 Å². The summed E-state index contributed by atoms with van der Waals surface area (Å²) < 4.78 is 10.7. The lowest BCUT2D eigenvalue weighted by Gasteiger charge is -2.23. The summed E-state index contributed by atoms with van der Waals surface area (Å²) in [7, 11) is 0. The molecule has 0 aliphatic carbocycles. The fraction of sp³-hybridized carbons (Fsp3) is 0.471. The monoisotopic (exact) mass is 608 g/mol. The highest BCUT2D eigenvalue weighted by Gasteiger charge is 2.25. The summed E-state index contributed by atoms with van der Waals surface area (Å²) >= 11 is 0. The van der Waals surface area contributed by atoms with Crippen LogP contribution >= 0.6 is 0 Å². The van der Waals surface area contributed by atoms with Crippen molar-refractivity contribution in [2.75, 3.05) is 13.1 Å². The largest absolute Gasteiger partial charge is 0.444 e. The van der Waals surface area contributed by atoms with Crippen LogP contribution in [0.25, 0.3) is 0 Å². The summed E-state index contributed by atoms with van der Waals surface area (Å²) in [5.41, 5.74) is 0.468. The van der Waals surface area contributed by atoms with E-state index in [0.29, 0.717) is 38.8 Å². The van der Waals surface area contributed by atoms with E-state index in [0.717, 1.165) is 11.1 Å². The van der Waals surface area contributed by atoms with Crippen molar-refractivity contribution in [3.8, 4) is 0 Å². The Morgan fingerprint density at radius 2 is 0.955 bits per heavy atom. The first-order valence-electron chi connectivity index (χ1n) is 15.0. The van der Waals surface area contributed by atoms with Crippen molar-refractivity contribution in [1.82, 2.24) is 21.3 Å². The fourth-order valence-corrected chi connectivity index (χ4v) is 4.06. The summed E-state index contributed by atoms with van der Waals surface area (Å²) in [5, 5.41) is 11.1. The Morgan fingerprint density at radius 3 is 1.27 bits per heavy atom. The standard InChI is InChI=1S/C34H48N4O6/c1-33(2,3)43-31(41)37-27(23-25-17-11-9-12-18-25)29(39)35-21-15-7-8-16-22-36-30(40)28(24-26-19-13-10-14-20-26)38-32(42)44-34(4,5)6/h7-14,17-20,27-28H,15-16,21-24H2,1-6H3,(H,35,39)(H,36,40)(H,37,41)(H,38,42)/t27-,28-/m0/s1. The highest BCUT2D eigenvalue weighted by molar-refractivity contribution is 5.86. The van der Waals surface area contributed by atoms with Crippen LogP contribution in [0, 0.1) is 0 Å². The lowest BCUT2D eigenvalue weighted by Crippen LogP contribution is -2.49. The molecular formula is C34H48N4O6. The number of rotatable bonds is 14. The molecule has 44 heavy (non-hydrogen) atoms. The van der Waals surface area contributed by atoms with Gasteiger partial charge < -0.3 is 30.7 Å². The Labute approximate surface area is 261 Å². The van der Waals surface area contributed by atoms with E-state index in [2.05, 4.69) is 21.3 Å². The first-order chi connectivity index (χ1) is 20.7. The maximum absolute atomic E-state index is 12.9. The van der Waals surface area contributed by atoms with E-state index in [9.17, 15) is 19.2 Å². The Morgan fingerprint density at radius 1 is 0.614 bits per heavy atom. The zero-order chi connectivity index (χ0) is 32.6. The van der Waals surface area contributed by atoms with Crippen molar-refractivity contribution in [2.24, 2.45) is 0 Å². The van der Waals surface area contributed by atoms with Gasteiger partial charge in [-0.3, -0.25) is 9.59 Å². The normalized spacial score (nSPS) is 13.0. The minimum atomic E-state index is -0.787. The van der Waals surface area contributed by atoms with E-state index in [4.69, 9.17) is 9.47 Å². The van der Waals surface area contributed by atoms with Crippen molar-refractivity contribution in [3.05, 3.63) is 83.9 Å². The van der Waals surface area contributed by atoms with E-state index in [-0.39, 0.29) is 11.8 Å². The Hall–Kier alpha value is -4.34. The second kappa shape index (κ2) is 17.7. The average molecular weight is 609 g/mol. The highest BCUT2D eigenvalue weighted by Crippen LogP contribution is 2.10. The first kappa shape index (κ1) is 35.9. The molecule has 2 aromatic rings. The molecule has 10 heteroatoms. The number of ether oxygens (including phenoxy) is 2.